The second-order valence-corrected chi connectivity index (χ2v) is 9.61. The minimum absolute atomic E-state index is 0.0852. The van der Waals surface area contributed by atoms with E-state index >= 15 is 0 Å². The standard InChI is InChI=1S/C24H25N3O6S/c1-17-9-11-19(12-10-17)24(18-7-5-4-6-8-18)25-23(28)16-26(34(3,31)32)21-15-20(27(29)30)13-14-22(21)33-2/h4-15,24H,16H2,1-3H3,(H,25,28). The quantitative estimate of drug-likeness (QED) is 0.367. The first kappa shape index (κ1) is 24.7. The molecule has 9 nitrogen and oxygen atoms in total. The zero-order valence-corrected chi connectivity index (χ0v) is 19.8. The molecule has 1 atom stereocenters. The van der Waals surface area contributed by atoms with Gasteiger partial charge in [0.1, 0.15) is 18.0 Å². The number of nitrogens with zero attached hydrogens (tertiary/aromatic N) is 2. The summed E-state index contributed by atoms with van der Waals surface area (Å²) in [4.78, 5) is 23.7. The number of methoxy groups -OCH3 is 1. The summed E-state index contributed by atoms with van der Waals surface area (Å²) in [6.07, 6.45) is 0.924. The fraction of sp³-hybridized carbons (Fsp3) is 0.208. The molecule has 0 radical (unpaired) electrons. The van der Waals surface area contributed by atoms with Gasteiger partial charge in [-0.25, -0.2) is 8.42 Å². The highest BCUT2D eigenvalue weighted by Crippen LogP contribution is 2.33. The fourth-order valence-electron chi connectivity index (χ4n) is 3.47. The number of nitrogens with one attached hydrogen (secondary N) is 1. The topological polar surface area (TPSA) is 119 Å². The molecule has 0 aliphatic carbocycles. The Morgan fingerprint density at radius 2 is 1.68 bits per heavy atom. The van der Waals surface area contributed by atoms with Gasteiger partial charge in [-0.2, -0.15) is 0 Å². The minimum atomic E-state index is -3.99. The number of rotatable bonds is 9. The molecule has 3 aromatic rings. The highest BCUT2D eigenvalue weighted by molar-refractivity contribution is 7.92. The van der Waals surface area contributed by atoms with E-state index in [-0.39, 0.29) is 17.1 Å². The highest BCUT2D eigenvalue weighted by Gasteiger charge is 2.27. The Morgan fingerprint density at radius 1 is 1.06 bits per heavy atom. The number of amides is 1. The van der Waals surface area contributed by atoms with Gasteiger partial charge in [0.05, 0.1) is 24.3 Å². The monoisotopic (exact) mass is 483 g/mol. The van der Waals surface area contributed by atoms with Gasteiger partial charge in [0.25, 0.3) is 5.69 Å². The average Bonchev–Trinajstić information content (AvgIpc) is 2.81. The van der Waals surface area contributed by atoms with Crippen LogP contribution in [-0.2, 0) is 14.8 Å². The Kier molecular flexibility index (Phi) is 7.52. The molecule has 0 aliphatic heterocycles. The van der Waals surface area contributed by atoms with E-state index in [9.17, 15) is 23.3 Å². The van der Waals surface area contributed by atoms with Crippen LogP contribution in [0.2, 0.25) is 0 Å². The molecule has 10 heteroatoms. The van der Waals surface area contributed by atoms with Gasteiger partial charge in [-0.1, -0.05) is 60.2 Å². The number of ether oxygens (including phenoxy) is 1. The molecule has 178 valence electrons. The van der Waals surface area contributed by atoms with Crippen LogP contribution in [0.5, 0.6) is 5.75 Å². The lowest BCUT2D eigenvalue weighted by Crippen LogP contribution is -2.42. The Labute approximate surface area is 198 Å². The number of carbonyl (C=O) groups is 1. The first-order valence-corrected chi connectivity index (χ1v) is 12.2. The molecule has 1 unspecified atom stereocenters. The maximum atomic E-state index is 13.1. The maximum absolute atomic E-state index is 13.1. The summed E-state index contributed by atoms with van der Waals surface area (Å²) < 4.78 is 31.2. The van der Waals surface area contributed by atoms with Gasteiger partial charge in [0, 0.05) is 12.1 Å². The summed E-state index contributed by atoms with van der Waals surface area (Å²) >= 11 is 0. The van der Waals surface area contributed by atoms with Crippen molar-refractivity contribution in [1.82, 2.24) is 5.32 Å². The van der Waals surface area contributed by atoms with Crippen molar-refractivity contribution in [2.24, 2.45) is 0 Å². The van der Waals surface area contributed by atoms with Gasteiger partial charge in [-0.05, 0) is 24.1 Å². The largest absolute Gasteiger partial charge is 0.495 e. The molecule has 34 heavy (non-hydrogen) atoms. The Morgan fingerprint density at radius 3 is 2.24 bits per heavy atom. The van der Waals surface area contributed by atoms with Gasteiger partial charge in [0.2, 0.25) is 15.9 Å². The predicted molar refractivity (Wildman–Crippen MR) is 129 cm³/mol. The molecule has 3 aromatic carbocycles. The fourth-order valence-corrected chi connectivity index (χ4v) is 4.32. The molecule has 0 fully saturated rings. The van der Waals surface area contributed by atoms with E-state index in [1.54, 1.807) is 0 Å². The van der Waals surface area contributed by atoms with Crippen molar-refractivity contribution in [3.05, 3.63) is 99.6 Å². The van der Waals surface area contributed by atoms with Crippen LogP contribution in [0.15, 0.2) is 72.8 Å². The molecule has 0 saturated heterocycles. The summed E-state index contributed by atoms with van der Waals surface area (Å²) in [6.45, 7) is 1.36. The smallest absolute Gasteiger partial charge is 0.271 e. The number of non-ortho nitro benzene ring substituents is 1. The van der Waals surface area contributed by atoms with Crippen molar-refractivity contribution in [1.29, 1.82) is 0 Å². The summed E-state index contributed by atoms with van der Waals surface area (Å²) in [5.41, 5.74) is 2.28. The minimum Gasteiger partial charge on any atom is -0.495 e. The van der Waals surface area contributed by atoms with Crippen LogP contribution >= 0.6 is 0 Å². The maximum Gasteiger partial charge on any atom is 0.271 e. The second kappa shape index (κ2) is 10.3. The molecule has 1 N–H and O–H groups in total. The van der Waals surface area contributed by atoms with Gasteiger partial charge in [-0.3, -0.25) is 19.2 Å². The lowest BCUT2D eigenvalue weighted by molar-refractivity contribution is -0.384. The van der Waals surface area contributed by atoms with Crippen molar-refractivity contribution < 1.29 is 22.9 Å². The number of hydrogen-bond acceptors (Lipinski definition) is 6. The summed E-state index contributed by atoms with van der Waals surface area (Å²) in [7, 11) is -2.68. The lowest BCUT2D eigenvalue weighted by Gasteiger charge is -2.26. The zero-order chi connectivity index (χ0) is 24.9. The molecule has 1 amide bonds. The van der Waals surface area contributed by atoms with E-state index in [1.165, 1.54) is 19.2 Å². The Balaban J connectivity index is 1.96. The van der Waals surface area contributed by atoms with Crippen molar-refractivity contribution in [2.45, 2.75) is 13.0 Å². The number of anilines is 1. The Hall–Kier alpha value is -3.92. The van der Waals surface area contributed by atoms with Crippen LogP contribution in [0.25, 0.3) is 0 Å². The van der Waals surface area contributed by atoms with E-state index in [2.05, 4.69) is 5.32 Å². The average molecular weight is 484 g/mol. The molecule has 0 bridgehead atoms. The first-order chi connectivity index (χ1) is 16.1. The molecule has 0 saturated carbocycles. The number of carbonyl (C=O) groups excluding carboxylic acids is 1. The van der Waals surface area contributed by atoms with Crippen molar-refractivity contribution in [2.75, 3.05) is 24.2 Å². The second-order valence-electron chi connectivity index (χ2n) is 7.70. The molecular weight excluding hydrogens is 458 g/mol. The van der Waals surface area contributed by atoms with E-state index in [0.717, 1.165) is 33.3 Å². The number of benzene rings is 3. The Bertz CT molecular complexity index is 1280. The van der Waals surface area contributed by atoms with Crippen LogP contribution in [-0.4, -0.2) is 39.2 Å². The summed E-state index contributed by atoms with van der Waals surface area (Å²) in [5, 5.41) is 14.1. The zero-order valence-electron chi connectivity index (χ0n) is 19.0. The molecule has 0 spiro atoms. The predicted octanol–water partition coefficient (Wildman–Crippen LogP) is 3.58. The van der Waals surface area contributed by atoms with Gasteiger partial charge in [0.15, 0.2) is 0 Å². The van der Waals surface area contributed by atoms with Crippen molar-refractivity contribution >= 4 is 27.3 Å². The van der Waals surface area contributed by atoms with Gasteiger partial charge in [-0.15, -0.1) is 0 Å². The van der Waals surface area contributed by atoms with Crippen LogP contribution < -0.4 is 14.4 Å². The van der Waals surface area contributed by atoms with Crippen LogP contribution in [0.3, 0.4) is 0 Å². The number of sulfonamides is 1. The SMILES string of the molecule is COc1ccc([N+](=O)[O-])cc1N(CC(=O)NC(c1ccccc1)c1ccc(C)cc1)S(C)(=O)=O. The van der Waals surface area contributed by atoms with Crippen molar-refractivity contribution in [3.63, 3.8) is 0 Å². The van der Waals surface area contributed by atoms with Gasteiger partial charge < -0.3 is 10.1 Å². The number of nitro benzene ring substituents is 1. The summed E-state index contributed by atoms with van der Waals surface area (Å²) in [6, 6.07) is 20.0. The first-order valence-electron chi connectivity index (χ1n) is 10.3. The molecule has 0 aromatic heterocycles. The highest BCUT2D eigenvalue weighted by atomic mass is 32.2. The van der Waals surface area contributed by atoms with Crippen LogP contribution in [0.1, 0.15) is 22.7 Å². The lowest BCUT2D eigenvalue weighted by atomic mass is 9.98. The van der Waals surface area contributed by atoms with Crippen LogP contribution in [0, 0.1) is 17.0 Å². The van der Waals surface area contributed by atoms with E-state index in [1.807, 2.05) is 61.5 Å². The van der Waals surface area contributed by atoms with E-state index < -0.39 is 33.4 Å². The third-order valence-electron chi connectivity index (χ3n) is 5.18. The number of hydrogen-bond donors (Lipinski definition) is 1. The third kappa shape index (κ3) is 5.90. The molecule has 3 rings (SSSR count). The van der Waals surface area contributed by atoms with Crippen LogP contribution in [0.4, 0.5) is 11.4 Å². The van der Waals surface area contributed by atoms with Crippen molar-refractivity contribution in [3.8, 4) is 5.75 Å². The summed E-state index contributed by atoms with van der Waals surface area (Å²) in [5.74, 6) is -0.504. The molecular formula is C24H25N3O6S. The number of aryl methyl sites for hydroxylation is 1. The normalized spacial score (nSPS) is 12.0. The molecule has 0 heterocycles. The van der Waals surface area contributed by atoms with E-state index in [0.29, 0.717) is 0 Å². The van der Waals surface area contributed by atoms with E-state index in [4.69, 9.17) is 4.74 Å². The third-order valence-corrected chi connectivity index (χ3v) is 6.30. The van der Waals surface area contributed by atoms with Gasteiger partial charge >= 0.3 is 0 Å². The molecule has 0 aliphatic rings. The number of nitro groups is 1.